The van der Waals surface area contributed by atoms with Crippen LogP contribution in [0.5, 0.6) is 0 Å². The summed E-state index contributed by atoms with van der Waals surface area (Å²) in [6, 6.07) is 4.18. The van der Waals surface area contributed by atoms with E-state index in [0.29, 0.717) is 0 Å². The van der Waals surface area contributed by atoms with Crippen LogP contribution >= 0.6 is 0 Å². The van der Waals surface area contributed by atoms with Gasteiger partial charge in [-0.3, -0.25) is 0 Å². The predicted octanol–water partition coefficient (Wildman–Crippen LogP) is 1.39. The second-order valence-corrected chi connectivity index (χ2v) is 3.55. The Kier molecular flexibility index (Phi) is 1.76. The van der Waals surface area contributed by atoms with Crippen molar-refractivity contribution in [2.45, 2.75) is 25.7 Å². The Morgan fingerprint density at radius 1 is 0.833 bits per heavy atom. The van der Waals surface area contributed by atoms with Crippen LogP contribution in [0.15, 0.2) is 12.1 Å². The zero-order chi connectivity index (χ0) is 8.55. The van der Waals surface area contributed by atoms with E-state index in [9.17, 15) is 0 Å². The topological polar surface area (TPSA) is 0 Å². The lowest BCUT2D eigenvalue weighted by atomic mass is 9.89. The van der Waals surface area contributed by atoms with Gasteiger partial charge in [0.2, 0.25) is 0 Å². The van der Waals surface area contributed by atoms with E-state index in [0.717, 1.165) is 0 Å². The van der Waals surface area contributed by atoms with Crippen LogP contribution in [0, 0.1) is 0 Å². The zero-order valence-electron chi connectivity index (χ0n) is 7.40. The molecule has 0 heteroatoms. The summed E-state index contributed by atoms with van der Waals surface area (Å²) in [7, 11) is 0. The summed E-state index contributed by atoms with van der Waals surface area (Å²) in [5.74, 6) is 0. The summed E-state index contributed by atoms with van der Waals surface area (Å²) in [5, 5.41) is 2.41. The number of fused-ring (bicyclic) bond motifs is 1. The average Bonchev–Trinajstić information content (AvgIpc) is 2.12. The molecule has 12 heavy (non-hydrogen) atoms. The quantitative estimate of drug-likeness (QED) is 0.535. The van der Waals surface area contributed by atoms with Crippen molar-refractivity contribution in [3.8, 4) is 0 Å². The molecule has 1 aromatic rings. The molecule has 0 spiro atoms. The molecule has 0 aromatic heterocycles. The largest absolute Gasteiger partial charge is 0.0915 e. The Bertz CT molecular complexity index is 348. The Balaban J connectivity index is 2.73. The molecule has 2 rings (SSSR count). The van der Waals surface area contributed by atoms with Crippen molar-refractivity contribution in [2.75, 3.05) is 0 Å². The second kappa shape index (κ2) is 2.78. The van der Waals surface area contributed by atoms with Crippen molar-refractivity contribution in [2.24, 2.45) is 0 Å². The van der Waals surface area contributed by atoms with Crippen LogP contribution in [-0.2, 0) is 12.8 Å². The fourth-order valence-corrected chi connectivity index (χ4v) is 2.02. The van der Waals surface area contributed by atoms with Crippen LogP contribution in [0.4, 0.5) is 0 Å². The average molecular weight is 158 g/mol. The molecular weight excluding hydrogens is 144 g/mol. The highest BCUT2D eigenvalue weighted by atomic mass is 14.1. The molecule has 0 N–H and O–H groups in total. The van der Waals surface area contributed by atoms with E-state index in [1.807, 2.05) is 0 Å². The molecule has 0 amide bonds. The van der Waals surface area contributed by atoms with Gasteiger partial charge in [0.1, 0.15) is 0 Å². The van der Waals surface area contributed by atoms with Gasteiger partial charge >= 0.3 is 0 Å². The summed E-state index contributed by atoms with van der Waals surface area (Å²) < 4.78 is 0. The van der Waals surface area contributed by atoms with Crippen molar-refractivity contribution < 1.29 is 0 Å². The molecule has 0 unspecified atom stereocenters. The first kappa shape index (κ1) is 7.60. The molecule has 0 bridgehead atoms. The van der Waals surface area contributed by atoms with Crippen molar-refractivity contribution in [1.29, 1.82) is 0 Å². The maximum Gasteiger partial charge on any atom is -0.0270 e. The van der Waals surface area contributed by atoms with Crippen molar-refractivity contribution in [3.63, 3.8) is 0 Å². The molecule has 0 aliphatic heterocycles. The molecule has 1 aliphatic rings. The summed E-state index contributed by atoms with van der Waals surface area (Å²) in [5.41, 5.74) is 2.93. The van der Waals surface area contributed by atoms with E-state index in [2.05, 4.69) is 25.3 Å². The van der Waals surface area contributed by atoms with Gasteiger partial charge in [0.05, 0.1) is 0 Å². The van der Waals surface area contributed by atoms with Gasteiger partial charge in [-0.2, -0.15) is 0 Å². The smallest absolute Gasteiger partial charge is 0.0270 e. The van der Waals surface area contributed by atoms with Gasteiger partial charge < -0.3 is 0 Å². The Morgan fingerprint density at radius 2 is 1.25 bits per heavy atom. The van der Waals surface area contributed by atoms with Crippen LogP contribution in [0.2, 0.25) is 0 Å². The van der Waals surface area contributed by atoms with Crippen LogP contribution in [0.1, 0.15) is 24.0 Å². The molecule has 0 saturated carbocycles. The minimum absolute atomic E-state index is 1.21. The van der Waals surface area contributed by atoms with Crippen molar-refractivity contribution >= 4 is 13.2 Å². The fourth-order valence-electron chi connectivity index (χ4n) is 2.02. The Labute approximate surface area is 73.2 Å². The normalized spacial score (nSPS) is 15.7. The highest BCUT2D eigenvalue weighted by Gasteiger charge is 2.09. The summed E-state index contributed by atoms with van der Waals surface area (Å²) >= 11 is 0. The molecular formula is C12H14. The van der Waals surface area contributed by atoms with Gasteiger partial charge in [0, 0.05) is 0 Å². The predicted molar refractivity (Wildman–Crippen MR) is 53.4 cm³/mol. The lowest BCUT2D eigenvalue weighted by Crippen LogP contribution is -2.22. The van der Waals surface area contributed by atoms with E-state index >= 15 is 0 Å². The molecule has 0 atom stereocenters. The minimum atomic E-state index is 1.21. The molecule has 1 aliphatic carbocycles. The standard InChI is InChI=1S/C12H14/c1-9-7-8-10(2)12-6-4-3-5-11(9)12/h7-8H,1-6H2. The van der Waals surface area contributed by atoms with Gasteiger partial charge in [-0.15, -0.1) is 0 Å². The molecule has 0 nitrogen and oxygen atoms in total. The Morgan fingerprint density at radius 3 is 1.67 bits per heavy atom. The van der Waals surface area contributed by atoms with Gasteiger partial charge in [0.25, 0.3) is 0 Å². The van der Waals surface area contributed by atoms with Crippen LogP contribution in [0.25, 0.3) is 13.2 Å². The third kappa shape index (κ3) is 1.08. The first-order valence-corrected chi connectivity index (χ1v) is 4.57. The maximum absolute atomic E-state index is 4.05. The maximum atomic E-state index is 4.05. The lowest BCUT2D eigenvalue weighted by molar-refractivity contribution is 0.679. The molecule has 0 saturated heterocycles. The molecule has 0 radical (unpaired) electrons. The zero-order valence-corrected chi connectivity index (χ0v) is 7.40. The third-order valence-corrected chi connectivity index (χ3v) is 2.73. The first-order chi connectivity index (χ1) is 5.79. The molecule has 62 valence electrons. The number of rotatable bonds is 0. The van der Waals surface area contributed by atoms with Gasteiger partial charge in [-0.05, 0) is 47.2 Å². The number of benzene rings is 1. The lowest BCUT2D eigenvalue weighted by Gasteiger charge is -2.16. The number of hydrogen-bond acceptors (Lipinski definition) is 0. The van der Waals surface area contributed by atoms with Gasteiger partial charge in [-0.25, -0.2) is 0 Å². The van der Waals surface area contributed by atoms with Crippen LogP contribution < -0.4 is 10.4 Å². The van der Waals surface area contributed by atoms with Gasteiger partial charge in [-0.1, -0.05) is 25.3 Å². The Hall–Kier alpha value is -1.04. The second-order valence-electron chi connectivity index (χ2n) is 3.55. The summed E-state index contributed by atoms with van der Waals surface area (Å²) in [4.78, 5) is 0. The van der Waals surface area contributed by atoms with E-state index in [4.69, 9.17) is 0 Å². The van der Waals surface area contributed by atoms with Crippen LogP contribution in [-0.4, -0.2) is 0 Å². The highest BCUT2D eigenvalue weighted by molar-refractivity contribution is 5.35. The third-order valence-electron chi connectivity index (χ3n) is 2.73. The molecule has 0 fully saturated rings. The van der Waals surface area contributed by atoms with Crippen molar-refractivity contribution in [3.05, 3.63) is 33.7 Å². The van der Waals surface area contributed by atoms with E-state index in [1.54, 1.807) is 0 Å². The van der Waals surface area contributed by atoms with E-state index in [-0.39, 0.29) is 0 Å². The molecule has 1 aromatic carbocycles. The number of hydrogen-bond donors (Lipinski definition) is 0. The monoisotopic (exact) mass is 158 g/mol. The van der Waals surface area contributed by atoms with E-state index in [1.165, 1.54) is 47.2 Å². The fraction of sp³-hybridized carbons (Fsp3) is 0.333. The SMILES string of the molecule is C=c1ccc(=C)c2c1CCCC2. The first-order valence-electron chi connectivity index (χ1n) is 4.57. The summed E-state index contributed by atoms with van der Waals surface area (Å²) in [6.45, 7) is 8.09. The summed E-state index contributed by atoms with van der Waals surface area (Å²) in [6.07, 6.45) is 5.05. The van der Waals surface area contributed by atoms with Crippen molar-refractivity contribution in [1.82, 2.24) is 0 Å². The highest BCUT2D eigenvalue weighted by Crippen LogP contribution is 2.13. The minimum Gasteiger partial charge on any atom is -0.0915 e. The van der Waals surface area contributed by atoms with Gasteiger partial charge in [0.15, 0.2) is 0 Å². The molecule has 0 heterocycles. The van der Waals surface area contributed by atoms with E-state index < -0.39 is 0 Å². The van der Waals surface area contributed by atoms with Crippen LogP contribution in [0.3, 0.4) is 0 Å².